The quantitative estimate of drug-likeness (QED) is 0.746. The minimum atomic E-state index is 0.144. The van der Waals surface area contributed by atoms with E-state index in [1.165, 1.54) is 5.56 Å². The standard InChI is InChI=1S/C15H25NO2/c1-4-8-18-14-7-5-6-13(9-14)10-16-15(11-17)12(2)3/h5-7,9,12,15-17H,4,8,10-11H2,1-3H3. The van der Waals surface area contributed by atoms with Crippen LogP contribution in [0.3, 0.4) is 0 Å². The Morgan fingerprint density at radius 2 is 2.11 bits per heavy atom. The zero-order chi connectivity index (χ0) is 13.4. The van der Waals surface area contributed by atoms with Crippen molar-refractivity contribution in [3.05, 3.63) is 29.8 Å². The van der Waals surface area contributed by atoms with Gasteiger partial charge in [0, 0.05) is 12.6 Å². The summed E-state index contributed by atoms with van der Waals surface area (Å²) in [6, 6.07) is 8.25. The molecule has 0 radical (unpaired) electrons. The van der Waals surface area contributed by atoms with Gasteiger partial charge in [-0.05, 0) is 30.0 Å². The fourth-order valence-corrected chi connectivity index (χ4v) is 1.73. The molecule has 18 heavy (non-hydrogen) atoms. The number of hydrogen-bond acceptors (Lipinski definition) is 3. The first-order valence-electron chi connectivity index (χ1n) is 6.73. The monoisotopic (exact) mass is 251 g/mol. The summed E-state index contributed by atoms with van der Waals surface area (Å²) in [6.07, 6.45) is 1.02. The van der Waals surface area contributed by atoms with E-state index in [1.807, 2.05) is 12.1 Å². The van der Waals surface area contributed by atoms with Gasteiger partial charge >= 0.3 is 0 Å². The highest BCUT2D eigenvalue weighted by Crippen LogP contribution is 2.14. The van der Waals surface area contributed by atoms with Crippen molar-refractivity contribution in [2.75, 3.05) is 13.2 Å². The van der Waals surface area contributed by atoms with Crippen molar-refractivity contribution in [2.24, 2.45) is 5.92 Å². The third-order valence-electron chi connectivity index (χ3n) is 2.94. The van der Waals surface area contributed by atoms with Crippen LogP contribution in [-0.2, 0) is 6.54 Å². The molecule has 0 saturated heterocycles. The van der Waals surface area contributed by atoms with Gasteiger partial charge in [-0.25, -0.2) is 0 Å². The summed E-state index contributed by atoms with van der Waals surface area (Å²) in [7, 11) is 0. The lowest BCUT2D eigenvalue weighted by molar-refractivity contribution is 0.210. The molecule has 3 nitrogen and oxygen atoms in total. The molecule has 1 aromatic rings. The maximum atomic E-state index is 9.26. The van der Waals surface area contributed by atoms with Crippen LogP contribution in [0.4, 0.5) is 0 Å². The molecule has 0 amide bonds. The van der Waals surface area contributed by atoms with E-state index in [2.05, 4.69) is 38.2 Å². The van der Waals surface area contributed by atoms with Crippen LogP contribution < -0.4 is 10.1 Å². The van der Waals surface area contributed by atoms with Gasteiger partial charge in [-0.3, -0.25) is 0 Å². The summed E-state index contributed by atoms with van der Waals surface area (Å²) in [5, 5.41) is 12.6. The predicted octanol–water partition coefficient (Wildman–Crippen LogP) is 2.58. The second-order valence-electron chi connectivity index (χ2n) is 4.91. The highest BCUT2D eigenvalue weighted by Gasteiger charge is 2.10. The van der Waals surface area contributed by atoms with E-state index in [1.54, 1.807) is 0 Å². The van der Waals surface area contributed by atoms with Crippen molar-refractivity contribution in [2.45, 2.75) is 39.8 Å². The Morgan fingerprint density at radius 1 is 1.33 bits per heavy atom. The maximum absolute atomic E-state index is 9.26. The molecule has 0 aromatic heterocycles. The van der Waals surface area contributed by atoms with Gasteiger partial charge in [0.05, 0.1) is 13.2 Å². The van der Waals surface area contributed by atoms with Gasteiger partial charge in [-0.2, -0.15) is 0 Å². The number of aliphatic hydroxyl groups is 1. The molecular weight excluding hydrogens is 226 g/mol. The van der Waals surface area contributed by atoms with Crippen LogP contribution in [0.25, 0.3) is 0 Å². The second-order valence-corrected chi connectivity index (χ2v) is 4.91. The Bertz CT molecular complexity index is 339. The Morgan fingerprint density at radius 3 is 2.72 bits per heavy atom. The number of ether oxygens (including phenoxy) is 1. The van der Waals surface area contributed by atoms with E-state index in [0.717, 1.165) is 25.3 Å². The molecule has 0 heterocycles. The van der Waals surface area contributed by atoms with Crippen LogP contribution in [0.1, 0.15) is 32.8 Å². The lowest BCUT2D eigenvalue weighted by Gasteiger charge is -2.20. The molecule has 1 aromatic carbocycles. The highest BCUT2D eigenvalue weighted by atomic mass is 16.5. The van der Waals surface area contributed by atoms with Crippen molar-refractivity contribution in [1.82, 2.24) is 5.32 Å². The molecule has 3 heteroatoms. The molecule has 1 unspecified atom stereocenters. The Labute approximate surface area is 110 Å². The first-order valence-corrected chi connectivity index (χ1v) is 6.73. The van der Waals surface area contributed by atoms with Crippen LogP contribution in [0.15, 0.2) is 24.3 Å². The average molecular weight is 251 g/mol. The lowest BCUT2D eigenvalue weighted by atomic mass is 10.1. The normalized spacial score (nSPS) is 12.7. The van der Waals surface area contributed by atoms with Crippen molar-refractivity contribution >= 4 is 0 Å². The number of aliphatic hydroxyl groups excluding tert-OH is 1. The van der Waals surface area contributed by atoms with E-state index in [0.29, 0.717) is 5.92 Å². The molecular formula is C15H25NO2. The third-order valence-corrected chi connectivity index (χ3v) is 2.94. The topological polar surface area (TPSA) is 41.5 Å². The van der Waals surface area contributed by atoms with Gasteiger partial charge in [0.25, 0.3) is 0 Å². The summed E-state index contributed by atoms with van der Waals surface area (Å²) in [6.45, 7) is 7.99. The fraction of sp³-hybridized carbons (Fsp3) is 0.600. The van der Waals surface area contributed by atoms with Crippen molar-refractivity contribution in [3.63, 3.8) is 0 Å². The van der Waals surface area contributed by atoms with Crippen LogP contribution in [0, 0.1) is 5.92 Å². The number of rotatable bonds is 8. The Hall–Kier alpha value is -1.06. The fourth-order valence-electron chi connectivity index (χ4n) is 1.73. The Kier molecular flexibility index (Phi) is 6.76. The maximum Gasteiger partial charge on any atom is 0.119 e. The SMILES string of the molecule is CCCOc1cccc(CNC(CO)C(C)C)c1. The minimum Gasteiger partial charge on any atom is -0.494 e. The van der Waals surface area contributed by atoms with Crippen LogP contribution in [0.5, 0.6) is 5.75 Å². The molecule has 0 aliphatic heterocycles. The van der Waals surface area contributed by atoms with E-state index in [4.69, 9.17) is 4.74 Å². The Balaban J connectivity index is 2.51. The smallest absolute Gasteiger partial charge is 0.119 e. The first-order chi connectivity index (χ1) is 8.67. The van der Waals surface area contributed by atoms with Gasteiger partial charge in [0.2, 0.25) is 0 Å². The summed E-state index contributed by atoms with van der Waals surface area (Å²) in [4.78, 5) is 0. The minimum absolute atomic E-state index is 0.144. The largest absolute Gasteiger partial charge is 0.494 e. The highest BCUT2D eigenvalue weighted by molar-refractivity contribution is 5.28. The van der Waals surface area contributed by atoms with Gasteiger partial charge in [-0.1, -0.05) is 32.9 Å². The molecule has 0 aliphatic rings. The summed E-state index contributed by atoms with van der Waals surface area (Å²) in [5.41, 5.74) is 1.18. The zero-order valence-corrected chi connectivity index (χ0v) is 11.6. The third kappa shape index (κ3) is 5.07. The molecule has 0 fully saturated rings. The molecule has 1 atom stereocenters. The molecule has 0 aliphatic carbocycles. The van der Waals surface area contributed by atoms with E-state index in [-0.39, 0.29) is 12.6 Å². The van der Waals surface area contributed by atoms with Crippen LogP contribution in [-0.4, -0.2) is 24.4 Å². The van der Waals surface area contributed by atoms with Crippen LogP contribution in [0.2, 0.25) is 0 Å². The number of hydrogen-bond donors (Lipinski definition) is 2. The molecule has 102 valence electrons. The average Bonchev–Trinajstić information content (AvgIpc) is 2.37. The van der Waals surface area contributed by atoms with Gasteiger partial charge < -0.3 is 15.2 Å². The van der Waals surface area contributed by atoms with Crippen molar-refractivity contribution < 1.29 is 9.84 Å². The molecule has 0 saturated carbocycles. The molecule has 1 rings (SSSR count). The van der Waals surface area contributed by atoms with Crippen molar-refractivity contribution in [3.8, 4) is 5.75 Å². The van der Waals surface area contributed by atoms with Crippen LogP contribution >= 0.6 is 0 Å². The van der Waals surface area contributed by atoms with Gasteiger partial charge in [0.15, 0.2) is 0 Å². The molecule has 0 bridgehead atoms. The second kappa shape index (κ2) is 8.11. The molecule has 2 N–H and O–H groups in total. The number of benzene rings is 1. The van der Waals surface area contributed by atoms with Gasteiger partial charge in [0.1, 0.15) is 5.75 Å². The van der Waals surface area contributed by atoms with Gasteiger partial charge in [-0.15, -0.1) is 0 Å². The van der Waals surface area contributed by atoms with E-state index >= 15 is 0 Å². The van der Waals surface area contributed by atoms with E-state index in [9.17, 15) is 5.11 Å². The zero-order valence-electron chi connectivity index (χ0n) is 11.6. The number of nitrogens with one attached hydrogen (secondary N) is 1. The summed E-state index contributed by atoms with van der Waals surface area (Å²) < 4.78 is 5.60. The lowest BCUT2D eigenvalue weighted by Crippen LogP contribution is -2.36. The summed E-state index contributed by atoms with van der Waals surface area (Å²) in [5.74, 6) is 1.34. The first kappa shape index (κ1) is 15.0. The predicted molar refractivity (Wildman–Crippen MR) is 74.8 cm³/mol. The van der Waals surface area contributed by atoms with E-state index < -0.39 is 0 Å². The molecule has 0 spiro atoms. The van der Waals surface area contributed by atoms with Crippen molar-refractivity contribution in [1.29, 1.82) is 0 Å². The summed E-state index contributed by atoms with van der Waals surface area (Å²) >= 11 is 0.